The molecule has 142 valence electrons. The molecule has 0 spiro atoms. The van der Waals surface area contributed by atoms with Crippen molar-refractivity contribution in [2.75, 3.05) is 0 Å². The van der Waals surface area contributed by atoms with Crippen LogP contribution in [0, 0.1) is 17.2 Å². The van der Waals surface area contributed by atoms with Gasteiger partial charge >= 0.3 is 0 Å². The van der Waals surface area contributed by atoms with Crippen LogP contribution in [0.2, 0.25) is 0 Å². The summed E-state index contributed by atoms with van der Waals surface area (Å²) >= 11 is 0. The molecule has 2 aromatic heterocycles. The molecule has 2 aliphatic rings. The molecule has 3 aromatic rings. The standard InChI is InChI=1S/C23H22FN3O/c1-23-13-16-14-26-27(19-5-3-18(24)4-6-19)21(16)12-17(23)2-7-20(23)22(28)15-8-10-25-11-9-15/h3-6,8-12,14,20,22,28H,2,7,13H2,1H3/t20-,22-,23+/m1/s1. The summed E-state index contributed by atoms with van der Waals surface area (Å²) in [5.74, 6) is -0.0945. The molecule has 0 aliphatic heterocycles. The average Bonchev–Trinajstić information content (AvgIpc) is 3.26. The van der Waals surface area contributed by atoms with E-state index in [2.05, 4.69) is 23.1 Å². The number of fused-ring (bicyclic) bond motifs is 2. The Labute approximate surface area is 163 Å². The predicted octanol–water partition coefficient (Wildman–Crippen LogP) is 4.50. The molecule has 0 bridgehead atoms. The predicted molar refractivity (Wildman–Crippen MR) is 105 cm³/mol. The van der Waals surface area contributed by atoms with Crippen LogP contribution in [-0.2, 0) is 6.42 Å². The number of benzene rings is 1. The van der Waals surface area contributed by atoms with Crippen molar-refractivity contribution < 1.29 is 9.50 Å². The second-order valence-corrected chi connectivity index (χ2v) is 8.08. The number of hydrogen-bond acceptors (Lipinski definition) is 3. The van der Waals surface area contributed by atoms with Gasteiger partial charge in [-0.15, -0.1) is 0 Å². The summed E-state index contributed by atoms with van der Waals surface area (Å²) in [5.41, 5.74) is 5.29. The van der Waals surface area contributed by atoms with Crippen molar-refractivity contribution in [2.24, 2.45) is 11.3 Å². The number of aliphatic hydroxyl groups is 1. The van der Waals surface area contributed by atoms with Crippen molar-refractivity contribution in [2.45, 2.75) is 32.3 Å². The zero-order valence-corrected chi connectivity index (χ0v) is 15.7. The maximum absolute atomic E-state index is 13.3. The number of rotatable bonds is 3. The van der Waals surface area contributed by atoms with Crippen molar-refractivity contribution >= 4 is 6.08 Å². The fraction of sp³-hybridized carbons (Fsp3) is 0.304. The van der Waals surface area contributed by atoms with E-state index >= 15 is 0 Å². The Morgan fingerprint density at radius 2 is 1.93 bits per heavy atom. The van der Waals surface area contributed by atoms with Crippen LogP contribution in [0.3, 0.4) is 0 Å². The van der Waals surface area contributed by atoms with E-state index in [1.165, 1.54) is 23.3 Å². The summed E-state index contributed by atoms with van der Waals surface area (Å²) in [6, 6.07) is 10.2. The van der Waals surface area contributed by atoms with Gasteiger partial charge in [0.15, 0.2) is 0 Å². The number of aromatic nitrogens is 3. The van der Waals surface area contributed by atoms with Crippen LogP contribution in [-0.4, -0.2) is 19.9 Å². The number of nitrogens with zero attached hydrogens (tertiary/aromatic N) is 3. The maximum Gasteiger partial charge on any atom is 0.123 e. The van der Waals surface area contributed by atoms with Gasteiger partial charge < -0.3 is 5.11 Å². The summed E-state index contributed by atoms with van der Waals surface area (Å²) in [4.78, 5) is 4.06. The number of halogens is 1. The molecular formula is C23H22FN3O. The van der Waals surface area contributed by atoms with Gasteiger partial charge in [-0.1, -0.05) is 12.5 Å². The van der Waals surface area contributed by atoms with Crippen molar-refractivity contribution in [1.82, 2.24) is 14.8 Å². The molecule has 5 heteroatoms. The molecule has 0 radical (unpaired) electrons. The molecule has 0 unspecified atom stereocenters. The minimum atomic E-state index is -0.507. The first-order valence-electron chi connectivity index (χ1n) is 9.68. The topological polar surface area (TPSA) is 50.9 Å². The first-order chi connectivity index (χ1) is 13.6. The summed E-state index contributed by atoms with van der Waals surface area (Å²) in [5, 5.41) is 15.6. The normalized spacial score (nSPS) is 24.4. The molecule has 3 atom stereocenters. The van der Waals surface area contributed by atoms with Gasteiger partial charge in [0.25, 0.3) is 0 Å². The van der Waals surface area contributed by atoms with E-state index in [1.54, 1.807) is 24.5 Å². The smallest absolute Gasteiger partial charge is 0.123 e. The van der Waals surface area contributed by atoms with Gasteiger partial charge in [-0.2, -0.15) is 5.10 Å². The zero-order chi connectivity index (χ0) is 19.3. The molecule has 5 rings (SSSR count). The van der Waals surface area contributed by atoms with Crippen LogP contribution in [0.5, 0.6) is 0 Å². The highest BCUT2D eigenvalue weighted by molar-refractivity contribution is 5.62. The molecule has 0 saturated heterocycles. The first kappa shape index (κ1) is 17.3. The molecule has 1 N–H and O–H groups in total. The Hall–Kier alpha value is -2.79. The third kappa shape index (κ3) is 2.61. The van der Waals surface area contributed by atoms with Crippen LogP contribution >= 0.6 is 0 Å². The molecule has 1 fully saturated rings. The molecule has 28 heavy (non-hydrogen) atoms. The van der Waals surface area contributed by atoms with E-state index in [0.29, 0.717) is 0 Å². The van der Waals surface area contributed by atoms with Crippen LogP contribution in [0.25, 0.3) is 11.8 Å². The van der Waals surface area contributed by atoms with Crippen LogP contribution in [0.15, 0.2) is 60.6 Å². The maximum atomic E-state index is 13.3. The lowest BCUT2D eigenvalue weighted by molar-refractivity contribution is 0.0555. The Balaban J connectivity index is 1.51. The van der Waals surface area contributed by atoms with E-state index in [4.69, 9.17) is 0 Å². The summed E-state index contributed by atoms with van der Waals surface area (Å²) in [6.07, 6.45) is 9.88. The second-order valence-electron chi connectivity index (χ2n) is 8.08. The molecule has 1 saturated carbocycles. The highest BCUT2D eigenvalue weighted by atomic mass is 19.1. The molecular weight excluding hydrogens is 353 g/mol. The fourth-order valence-electron chi connectivity index (χ4n) is 4.96. The van der Waals surface area contributed by atoms with Gasteiger partial charge in [-0.25, -0.2) is 9.07 Å². The second kappa shape index (κ2) is 6.38. The van der Waals surface area contributed by atoms with E-state index in [9.17, 15) is 9.50 Å². The summed E-state index contributed by atoms with van der Waals surface area (Å²) in [7, 11) is 0. The quantitative estimate of drug-likeness (QED) is 0.733. The third-order valence-corrected chi connectivity index (χ3v) is 6.53. The molecule has 0 amide bonds. The molecule has 4 nitrogen and oxygen atoms in total. The van der Waals surface area contributed by atoms with E-state index in [0.717, 1.165) is 36.2 Å². The van der Waals surface area contributed by atoms with Crippen molar-refractivity contribution in [3.63, 3.8) is 0 Å². The van der Waals surface area contributed by atoms with E-state index < -0.39 is 6.10 Å². The number of pyridine rings is 1. The third-order valence-electron chi connectivity index (χ3n) is 6.53. The Kier molecular flexibility index (Phi) is 3.95. The highest BCUT2D eigenvalue weighted by Crippen LogP contribution is 2.56. The van der Waals surface area contributed by atoms with Crippen LogP contribution < -0.4 is 0 Å². The fourth-order valence-corrected chi connectivity index (χ4v) is 4.96. The monoisotopic (exact) mass is 375 g/mol. The highest BCUT2D eigenvalue weighted by Gasteiger charge is 2.48. The SMILES string of the molecule is C[C@]12Cc3cnn(-c4ccc(F)cc4)c3C=C1CC[C@@H]2[C@H](O)c1ccncc1. The van der Waals surface area contributed by atoms with E-state index in [1.807, 2.05) is 23.0 Å². The Bertz CT molecular complexity index is 1040. The lowest BCUT2D eigenvalue weighted by Crippen LogP contribution is -2.32. The first-order valence-corrected chi connectivity index (χ1v) is 9.68. The van der Waals surface area contributed by atoms with Crippen LogP contribution in [0.1, 0.15) is 42.7 Å². The van der Waals surface area contributed by atoms with Gasteiger partial charge in [0.2, 0.25) is 0 Å². The van der Waals surface area contributed by atoms with Crippen LogP contribution in [0.4, 0.5) is 4.39 Å². The number of allylic oxidation sites excluding steroid dienone is 1. The average molecular weight is 375 g/mol. The number of aliphatic hydroxyl groups excluding tert-OH is 1. The van der Waals surface area contributed by atoms with Gasteiger partial charge in [0.05, 0.1) is 23.7 Å². The van der Waals surface area contributed by atoms with Crippen molar-refractivity contribution in [3.05, 3.63) is 83.2 Å². The zero-order valence-electron chi connectivity index (χ0n) is 15.7. The van der Waals surface area contributed by atoms with Gasteiger partial charge in [-0.3, -0.25) is 4.98 Å². The van der Waals surface area contributed by atoms with Crippen molar-refractivity contribution in [1.29, 1.82) is 0 Å². The number of hydrogen-bond donors (Lipinski definition) is 1. The van der Waals surface area contributed by atoms with Crippen molar-refractivity contribution in [3.8, 4) is 5.69 Å². The Morgan fingerprint density at radius 3 is 2.68 bits per heavy atom. The Morgan fingerprint density at radius 1 is 1.18 bits per heavy atom. The lowest BCUT2D eigenvalue weighted by Gasteiger charge is -2.38. The largest absolute Gasteiger partial charge is 0.388 e. The van der Waals surface area contributed by atoms with Gasteiger partial charge in [0, 0.05) is 12.4 Å². The minimum Gasteiger partial charge on any atom is -0.388 e. The van der Waals surface area contributed by atoms with Gasteiger partial charge in [0.1, 0.15) is 5.82 Å². The minimum absolute atomic E-state index is 0.0909. The summed E-state index contributed by atoms with van der Waals surface area (Å²) in [6.45, 7) is 2.26. The molecule has 2 aliphatic carbocycles. The summed E-state index contributed by atoms with van der Waals surface area (Å²) < 4.78 is 15.2. The lowest BCUT2D eigenvalue weighted by atomic mass is 9.67. The van der Waals surface area contributed by atoms with Gasteiger partial charge in [-0.05, 0) is 84.2 Å². The molecule has 1 aromatic carbocycles. The van der Waals surface area contributed by atoms with E-state index in [-0.39, 0.29) is 17.2 Å². The molecule has 2 heterocycles.